The monoisotopic (exact) mass is 169 g/mol. The Balaban J connectivity index is 3.56. The van der Waals surface area contributed by atoms with Crippen LogP contribution in [0.5, 0.6) is 0 Å². The molecule has 4 nitrogen and oxygen atoms in total. The molecule has 2 amide bonds. The molecule has 0 rings (SSSR count). The second-order valence-corrected chi connectivity index (χ2v) is 3.54. The van der Waals surface area contributed by atoms with Crippen LogP contribution in [-0.4, -0.2) is 18.1 Å². The molecule has 4 heteroatoms. The molecule has 0 aliphatic heterocycles. The van der Waals surface area contributed by atoms with Gasteiger partial charge in [-0.25, -0.2) is 4.79 Å². The zero-order chi connectivity index (χ0) is 9.61. The lowest BCUT2D eigenvalue weighted by molar-refractivity contribution is 0.232. The summed E-state index contributed by atoms with van der Waals surface area (Å²) in [5, 5.41) is 13.5. The summed E-state index contributed by atoms with van der Waals surface area (Å²) in [6.45, 7) is 6.10. The van der Waals surface area contributed by atoms with E-state index in [0.717, 1.165) is 0 Å². The first-order chi connectivity index (χ1) is 5.45. The van der Waals surface area contributed by atoms with Crippen LogP contribution in [0.2, 0.25) is 0 Å². The van der Waals surface area contributed by atoms with E-state index in [-0.39, 0.29) is 11.6 Å². The van der Waals surface area contributed by atoms with Crippen LogP contribution in [0, 0.1) is 11.3 Å². The first-order valence-corrected chi connectivity index (χ1v) is 3.88. The first-order valence-electron chi connectivity index (χ1n) is 3.88. The van der Waals surface area contributed by atoms with Gasteiger partial charge >= 0.3 is 6.03 Å². The van der Waals surface area contributed by atoms with Gasteiger partial charge < -0.3 is 10.6 Å². The summed E-state index contributed by atoms with van der Waals surface area (Å²) < 4.78 is 0. The van der Waals surface area contributed by atoms with Crippen molar-refractivity contribution < 1.29 is 4.79 Å². The van der Waals surface area contributed by atoms with E-state index in [1.807, 2.05) is 26.8 Å². The molecular weight excluding hydrogens is 154 g/mol. The highest BCUT2D eigenvalue weighted by Crippen LogP contribution is 1.96. The van der Waals surface area contributed by atoms with Gasteiger partial charge in [-0.3, -0.25) is 0 Å². The molecule has 0 heterocycles. The highest BCUT2D eigenvalue weighted by molar-refractivity contribution is 5.74. The van der Waals surface area contributed by atoms with Crippen LogP contribution >= 0.6 is 0 Å². The van der Waals surface area contributed by atoms with Crippen LogP contribution in [-0.2, 0) is 0 Å². The Morgan fingerprint density at radius 1 is 1.50 bits per heavy atom. The predicted octanol–water partition coefficient (Wildman–Crippen LogP) is 0.998. The van der Waals surface area contributed by atoms with Crippen molar-refractivity contribution in [2.75, 3.05) is 6.54 Å². The van der Waals surface area contributed by atoms with E-state index in [4.69, 9.17) is 5.26 Å². The number of nitrogens with one attached hydrogen (secondary N) is 2. The summed E-state index contributed by atoms with van der Waals surface area (Å²) in [5.74, 6) is 0. The van der Waals surface area contributed by atoms with E-state index >= 15 is 0 Å². The van der Waals surface area contributed by atoms with Crippen molar-refractivity contribution in [2.45, 2.75) is 32.7 Å². The molecule has 0 aliphatic carbocycles. The van der Waals surface area contributed by atoms with Gasteiger partial charge in [-0.05, 0) is 20.8 Å². The van der Waals surface area contributed by atoms with Crippen molar-refractivity contribution in [3.8, 4) is 6.07 Å². The molecule has 0 fully saturated rings. The van der Waals surface area contributed by atoms with Crippen molar-refractivity contribution >= 4 is 6.03 Å². The molecule has 68 valence electrons. The van der Waals surface area contributed by atoms with E-state index in [1.54, 1.807) is 0 Å². The Morgan fingerprint density at radius 3 is 2.50 bits per heavy atom. The topological polar surface area (TPSA) is 64.9 Å². The normalized spacial score (nSPS) is 10.2. The lowest BCUT2D eigenvalue weighted by Gasteiger charge is -2.20. The molecule has 0 radical (unpaired) electrons. The Bertz CT molecular complexity index is 187. The van der Waals surface area contributed by atoms with Gasteiger partial charge in [0.25, 0.3) is 0 Å². The van der Waals surface area contributed by atoms with Gasteiger partial charge in [0, 0.05) is 12.1 Å². The molecule has 0 unspecified atom stereocenters. The molecule has 0 aromatic heterocycles. The van der Waals surface area contributed by atoms with Crippen LogP contribution in [0.15, 0.2) is 0 Å². The Labute approximate surface area is 72.9 Å². The van der Waals surface area contributed by atoms with E-state index in [0.29, 0.717) is 13.0 Å². The number of rotatable bonds is 2. The highest BCUT2D eigenvalue weighted by Gasteiger charge is 2.12. The highest BCUT2D eigenvalue weighted by atomic mass is 16.2. The van der Waals surface area contributed by atoms with Gasteiger partial charge in [0.1, 0.15) is 0 Å². The minimum Gasteiger partial charge on any atom is -0.337 e. The van der Waals surface area contributed by atoms with Gasteiger partial charge in [0.2, 0.25) is 0 Å². The molecule has 0 aromatic rings. The average molecular weight is 169 g/mol. The second kappa shape index (κ2) is 4.60. The van der Waals surface area contributed by atoms with Crippen molar-refractivity contribution in [3.63, 3.8) is 0 Å². The molecule has 0 saturated heterocycles. The molecule has 0 atom stereocenters. The zero-order valence-corrected chi connectivity index (χ0v) is 7.77. The number of urea groups is 1. The van der Waals surface area contributed by atoms with Gasteiger partial charge in [-0.2, -0.15) is 5.26 Å². The van der Waals surface area contributed by atoms with Gasteiger partial charge in [0.15, 0.2) is 0 Å². The van der Waals surface area contributed by atoms with E-state index in [9.17, 15) is 4.79 Å². The lowest BCUT2D eigenvalue weighted by atomic mass is 10.1. The van der Waals surface area contributed by atoms with Crippen molar-refractivity contribution in [1.82, 2.24) is 10.6 Å². The second-order valence-electron chi connectivity index (χ2n) is 3.54. The van der Waals surface area contributed by atoms with Gasteiger partial charge in [0.05, 0.1) is 12.5 Å². The number of nitriles is 1. The molecule has 0 spiro atoms. The Hall–Kier alpha value is -1.24. The van der Waals surface area contributed by atoms with Gasteiger partial charge in [-0.15, -0.1) is 0 Å². The maximum absolute atomic E-state index is 11.0. The molecule has 0 aromatic carbocycles. The summed E-state index contributed by atoms with van der Waals surface area (Å²) in [6.07, 6.45) is 0.345. The Morgan fingerprint density at radius 2 is 2.08 bits per heavy atom. The summed E-state index contributed by atoms with van der Waals surface area (Å²) in [5.41, 5.74) is -0.225. The van der Waals surface area contributed by atoms with Crippen LogP contribution in [0.3, 0.4) is 0 Å². The van der Waals surface area contributed by atoms with Crippen molar-refractivity contribution in [2.24, 2.45) is 0 Å². The number of hydrogen-bond donors (Lipinski definition) is 2. The summed E-state index contributed by atoms with van der Waals surface area (Å²) in [7, 11) is 0. The van der Waals surface area contributed by atoms with Crippen LogP contribution in [0.4, 0.5) is 4.79 Å². The van der Waals surface area contributed by atoms with Crippen LogP contribution in [0.1, 0.15) is 27.2 Å². The van der Waals surface area contributed by atoms with E-state index < -0.39 is 0 Å². The fourth-order valence-corrected chi connectivity index (χ4v) is 0.617. The van der Waals surface area contributed by atoms with Crippen molar-refractivity contribution in [3.05, 3.63) is 0 Å². The Kier molecular flexibility index (Phi) is 4.12. The van der Waals surface area contributed by atoms with Crippen LogP contribution < -0.4 is 10.6 Å². The summed E-state index contributed by atoms with van der Waals surface area (Å²) in [4.78, 5) is 11.0. The quantitative estimate of drug-likeness (QED) is 0.605. The average Bonchev–Trinajstić information content (AvgIpc) is 1.84. The predicted molar refractivity (Wildman–Crippen MR) is 46.5 cm³/mol. The van der Waals surface area contributed by atoms with E-state index in [1.165, 1.54) is 0 Å². The lowest BCUT2D eigenvalue weighted by Crippen LogP contribution is -2.46. The maximum Gasteiger partial charge on any atom is 0.315 e. The number of carbonyl (C=O) groups excluding carboxylic acids is 1. The smallest absolute Gasteiger partial charge is 0.315 e. The molecule has 0 bridgehead atoms. The molecule has 2 N–H and O–H groups in total. The third-order valence-corrected chi connectivity index (χ3v) is 1.01. The molecule has 0 saturated carbocycles. The van der Waals surface area contributed by atoms with Gasteiger partial charge in [-0.1, -0.05) is 0 Å². The van der Waals surface area contributed by atoms with E-state index in [2.05, 4.69) is 10.6 Å². The minimum atomic E-state index is -0.225. The maximum atomic E-state index is 11.0. The first kappa shape index (κ1) is 10.8. The SMILES string of the molecule is CC(C)(C)NC(=O)NCCC#N. The third-order valence-electron chi connectivity index (χ3n) is 1.01. The fraction of sp³-hybridized carbons (Fsp3) is 0.750. The third kappa shape index (κ3) is 6.87. The zero-order valence-electron chi connectivity index (χ0n) is 7.77. The molecular formula is C8H15N3O. The molecule has 0 aliphatic rings. The standard InChI is InChI=1S/C8H15N3O/c1-8(2,3)11-7(12)10-6-4-5-9/h4,6H2,1-3H3,(H2,10,11,12). The number of amides is 2. The fourth-order valence-electron chi connectivity index (χ4n) is 0.617. The number of carbonyl (C=O) groups is 1. The number of hydrogen-bond acceptors (Lipinski definition) is 2. The van der Waals surface area contributed by atoms with Crippen molar-refractivity contribution in [1.29, 1.82) is 5.26 Å². The summed E-state index contributed by atoms with van der Waals surface area (Å²) >= 11 is 0. The number of nitrogens with zero attached hydrogens (tertiary/aromatic N) is 1. The van der Waals surface area contributed by atoms with Crippen LogP contribution in [0.25, 0.3) is 0 Å². The summed E-state index contributed by atoms with van der Waals surface area (Å²) in [6, 6.07) is 1.72. The molecule has 12 heavy (non-hydrogen) atoms. The minimum absolute atomic E-state index is 0.224. The largest absolute Gasteiger partial charge is 0.337 e.